The number of methoxy groups -OCH3 is 3. The summed E-state index contributed by atoms with van der Waals surface area (Å²) in [6.45, 7) is 4.13. The third-order valence-electron chi connectivity index (χ3n) is 4.81. The molecule has 0 aliphatic heterocycles. The fourth-order valence-corrected chi connectivity index (χ4v) is 3.74. The SMILES string of the molecule is CCSc1nc(NCCOC)c2cnn(CCNC(=O)C=Cc3ccc(OC)c(OC)c3)c2n1. The first-order valence-corrected chi connectivity index (χ1v) is 11.8. The molecular formula is C23H30N6O4S. The van der Waals surface area contributed by atoms with Crippen molar-refractivity contribution in [1.29, 1.82) is 0 Å². The van der Waals surface area contributed by atoms with Gasteiger partial charge in [-0.2, -0.15) is 5.10 Å². The monoisotopic (exact) mass is 486 g/mol. The van der Waals surface area contributed by atoms with Crippen LogP contribution in [0.2, 0.25) is 0 Å². The van der Waals surface area contributed by atoms with E-state index >= 15 is 0 Å². The summed E-state index contributed by atoms with van der Waals surface area (Å²) in [6.07, 6.45) is 4.95. The fourth-order valence-electron chi connectivity index (χ4n) is 3.17. The Hall–Kier alpha value is -3.31. The molecule has 3 aromatic rings. The largest absolute Gasteiger partial charge is 0.493 e. The molecule has 0 atom stereocenters. The molecule has 0 saturated carbocycles. The summed E-state index contributed by atoms with van der Waals surface area (Å²) in [4.78, 5) is 21.5. The molecule has 182 valence electrons. The Morgan fingerprint density at radius 1 is 1.15 bits per heavy atom. The summed E-state index contributed by atoms with van der Waals surface area (Å²) in [5, 5.41) is 12.1. The van der Waals surface area contributed by atoms with Gasteiger partial charge in [-0.1, -0.05) is 24.8 Å². The minimum absolute atomic E-state index is 0.204. The van der Waals surface area contributed by atoms with Gasteiger partial charge in [-0.05, 0) is 29.5 Å². The van der Waals surface area contributed by atoms with Crippen molar-refractivity contribution in [3.8, 4) is 11.5 Å². The number of nitrogens with zero attached hydrogens (tertiary/aromatic N) is 4. The number of nitrogens with one attached hydrogen (secondary N) is 2. The van der Waals surface area contributed by atoms with Gasteiger partial charge in [0, 0.05) is 26.3 Å². The van der Waals surface area contributed by atoms with Crippen LogP contribution in [-0.4, -0.2) is 72.4 Å². The number of aromatic nitrogens is 4. The summed E-state index contributed by atoms with van der Waals surface area (Å²) >= 11 is 1.56. The molecule has 11 heteroatoms. The molecule has 2 N–H and O–H groups in total. The molecule has 2 aromatic heterocycles. The lowest BCUT2D eigenvalue weighted by Crippen LogP contribution is -2.25. The molecule has 0 saturated heterocycles. The molecular weight excluding hydrogens is 456 g/mol. The van der Waals surface area contributed by atoms with Crippen molar-refractivity contribution in [3.05, 3.63) is 36.0 Å². The van der Waals surface area contributed by atoms with Gasteiger partial charge in [-0.15, -0.1) is 0 Å². The lowest BCUT2D eigenvalue weighted by molar-refractivity contribution is -0.116. The topological polar surface area (TPSA) is 112 Å². The van der Waals surface area contributed by atoms with Crippen molar-refractivity contribution in [2.45, 2.75) is 18.6 Å². The standard InChI is InChI=1S/C23H30N6O4S/c1-5-34-23-27-21(25-11-13-31-2)17-15-26-29(22(17)28-23)12-10-24-20(30)9-7-16-6-8-18(32-3)19(14-16)33-4/h6-9,14-15H,5,10-13H2,1-4H3,(H,24,30)(H,25,27,28). The first-order chi connectivity index (χ1) is 16.6. The Morgan fingerprint density at radius 3 is 2.71 bits per heavy atom. The molecule has 10 nitrogen and oxygen atoms in total. The first kappa shape index (κ1) is 25.3. The minimum atomic E-state index is -0.204. The van der Waals surface area contributed by atoms with Crippen molar-refractivity contribution in [2.75, 3.05) is 52.1 Å². The maximum absolute atomic E-state index is 12.3. The van der Waals surface area contributed by atoms with E-state index in [0.717, 1.165) is 28.2 Å². The van der Waals surface area contributed by atoms with E-state index in [0.29, 0.717) is 42.9 Å². The van der Waals surface area contributed by atoms with Gasteiger partial charge < -0.3 is 24.8 Å². The van der Waals surface area contributed by atoms with Gasteiger partial charge in [0.05, 0.1) is 39.0 Å². The lowest BCUT2D eigenvalue weighted by Gasteiger charge is -2.09. The summed E-state index contributed by atoms with van der Waals surface area (Å²) in [5.74, 6) is 2.63. The second-order valence-corrected chi connectivity index (χ2v) is 8.28. The molecule has 0 bridgehead atoms. The Bertz CT molecular complexity index is 1130. The molecule has 0 aliphatic rings. The Kier molecular flexibility index (Phi) is 9.53. The quantitative estimate of drug-likeness (QED) is 0.163. The third-order valence-corrected chi connectivity index (χ3v) is 5.53. The van der Waals surface area contributed by atoms with Crippen LogP contribution >= 0.6 is 11.8 Å². The number of hydrogen-bond acceptors (Lipinski definition) is 9. The number of carbonyl (C=O) groups excluding carboxylic acids is 1. The van der Waals surface area contributed by atoms with Gasteiger partial charge in [-0.3, -0.25) is 4.79 Å². The predicted octanol–water partition coefficient (Wildman–Crippen LogP) is 2.84. The molecule has 1 aromatic carbocycles. The van der Waals surface area contributed by atoms with Crippen LogP contribution in [0.4, 0.5) is 5.82 Å². The summed E-state index contributed by atoms with van der Waals surface area (Å²) < 4.78 is 17.4. The number of benzene rings is 1. The van der Waals surface area contributed by atoms with Crippen LogP contribution in [0.15, 0.2) is 35.6 Å². The molecule has 1 amide bonds. The highest BCUT2D eigenvalue weighted by Gasteiger charge is 2.13. The van der Waals surface area contributed by atoms with Crippen molar-refractivity contribution < 1.29 is 19.0 Å². The Morgan fingerprint density at radius 2 is 1.97 bits per heavy atom. The summed E-state index contributed by atoms with van der Waals surface area (Å²) in [7, 11) is 4.81. The highest BCUT2D eigenvalue weighted by molar-refractivity contribution is 7.99. The van der Waals surface area contributed by atoms with Crippen LogP contribution in [0.5, 0.6) is 11.5 Å². The highest BCUT2D eigenvalue weighted by atomic mass is 32.2. The van der Waals surface area contributed by atoms with E-state index in [9.17, 15) is 4.79 Å². The lowest BCUT2D eigenvalue weighted by atomic mass is 10.2. The smallest absolute Gasteiger partial charge is 0.244 e. The number of amides is 1. The van der Waals surface area contributed by atoms with Gasteiger partial charge in [0.1, 0.15) is 5.82 Å². The van der Waals surface area contributed by atoms with E-state index in [4.69, 9.17) is 14.2 Å². The molecule has 2 heterocycles. The van der Waals surface area contributed by atoms with Crippen molar-refractivity contribution in [3.63, 3.8) is 0 Å². The van der Waals surface area contributed by atoms with Crippen LogP contribution in [-0.2, 0) is 16.1 Å². The van der Waals surface area contributed by atoms with E-state index in [2.05, 4.69) is 32.6 Å². The number of anilines is 1. The van der Waals surface area contributed by atoms with Crippen LogP contribution in [0, 0.1) is 0 Å². The van der Waals surface area contributed by atoms with Crippen molar-refractivity contribution >= 4 is 40.6 Å². The molecule has 0 aliphatic carbocycles. The fraction of sp³-hybridized carbons (Fsp3) is 0.391. The third kappa shape index (κ3) is 6.61. The van der Waals surface area contributed by atoms with Crippen molar-refractivity contribution in [1.82, 2.24) is 25.1 Å². The Balaban J connectivity index is 1.63. The highest BCUT2D eigenvalue weighted by Crippen LogP contribution is 2.28. The van der Waals surface area contributed by atoms with Gasteiger partial charge in [-0.25, -0.2) is 14.6 Å². The van der Waals surface area contributed by atoms with Gasteiger partial charge in [0.15, 0.2) is 22.3 Å². The zero-order valence-corrected chi connectivity index (χ0v) is 20.6. The average Bonchev–Trinajstić information content (AvgIpc) is 3.26. The second kappa shape index (κ2) is 12.8. The van der Waals surface area contributed by atoms with Crippen LogP contribution < -0.4 is 20.1 Å². The van der Waals surface area contributed by atoms with E-state index < -0.39 is 0 Å². The number of fused-ring (bicyclic) bond motifs is 1. The van der Waals surface area contributed by atoms with Crippen molar-refractivity contribution in [2.24, 2.45) is 0 Å². The van der Waals surface area contributed by atoms with Gasteiger partial charge in [0.2, 0.25) is 5.91 Å². The van der Waals surface area contributed by atoms with Crippen LogP contribution in [0.25, 0.3) is 17.1 Å². The van der Waals surface area contributed by atoms with E-state index in [1.54, 1.807) is 56.1 Å². The number of thioether (sulfide) groups is 1. The van der Waals surface area contributed by atoms with Crippen LogP contribution in [0.1, 0.15) is 12.5 Å². The van der Waals surface area contributed by atoms with Gasteiger partial charge >= 0.3 is 0 Å². The number of rotatable bonds is 13. The Labute approximate surface area is 203 Å². The molecule has 0 radical (unpaired) electrons. The van der Waals surface area contributed by atoms with Crippen LogP contribution in [0.3, 0.4) is 0 Å². The van der Waals surface area contributed by atoms with E-state index in [1.165, 1.54) is 6.08 Å². The van der Waals surface area contributed by atoms with E-state index in [-0.39, 0.29) is 5.91 Å². The first-order valence-electron chi connectivity index (χ1n) is 10.9. The second-order valence-electron chi connectivity index (χ2n) is 7.05. The number of hydrogen-bond donors (Lipinski definition) is 2. The molecule has 34 heavy (non-hydrogen) atoms. The average molecular weight is 487 g/mol. The van der Waals surface area contributed by atoms with E-state index in [1.807, 2.05) is 12.1 Å². The maximum atomic E-state index is 12.3. The molecule has 0 fully saturated rings. The minimum Gasteiger partial charge on any atom is -0.493 e. The normalized spacial score (nSPS) is 11.2. The summed E-state index contributed by atoms with van der Waals surface area (Å²) in [5.41, 5.74) is 1.55. The summed E-state index contributed by atoms with van der Waals surface area (Å²) in [6, 6.07) is 5.46. The molecule has 0 spiro atoms. The van der Waals surface area contributed by atoms with Gasteiger partial charge in [0.25, 0.3) is 0 Å². The molecule has 0 unspecified atom stereocenters. The predicted molar refractivity (Wildman–Crippen MR) is 134 cm³/mol. The number of carbonyl (C=O) groups is 1. The zero-order chi connectivity index (χ0) is 24.3. The zero-order valence-electron chi connectivity index (χ0n) is 19.8. The number of ether oxygens (including phenoxy) is 3. The maximum Gasteiger partial charge on any atom is 0.244 e. The molecule has 3 rings (SSSR count).